The highest BCUT2D eigenvalue weighted by molar-refractivity contribution is 5.69. The molecule has 1 atom stereocenters. The second kappa shape index (κ2) is 7.80. The van der Waals surface area contributed by atoms with Crippen molar-refractivity contribution in [2.24, 2.45) is 5.92 Å². The number of amides is 1. The summed E-state index contributed by atoms with van der Waals surface area (Å²) < 4.78 is 5.83. The minimum Gasteiger partial charge on any atom is -0.444 e. The largest absolute Gasteiger partial charge is 0.444 e. The summed E-state index contributed by atoms with van der Waals surface area (Å²) in [5.74, 6) is 0.527. The molecule has 25 heavy (non-hydrogen) atoms. The van der Waals surface area contributed by atoms with Gasteiger partial charge in [0.25, 0.3) is 0 Å². The van der Waals surface area contributed by atoms with Crippen molar-refractivity contribution in [2.75, 3.05) is 45.8 Å². The lowest BCUT2D eigenvalue weighted by atomic mass is 9.76. The maximum absolute atomic E-state index is 13.1. The number of hydrogen-bond acceptors (Lipinski definition) is 5. The Balaban J connectivity index is 1.91. The molecule has 0 aromatic carbocycles. The minimum absolute atomic E-state index is 0.141. The first-order valence-corrected chi connectivity index (χ1v) is 10.1. The van der Waals surface area contributed by atoms with Crippen molar-refractivity contribution in [1.29, 1.82) is 0 Å². The van der Waals surface area contributed by atoms with Gasteiger partial charge in [-0.3, -0.25) is 9.80 Å². The molecule has 6 nitrogen and oxygen atoms in total. The van der Waals surface area contributed by atoms with Crippen LogP contribution in [0.25, 0.3) is 0 Å². The van der Waals surface area contributed by atoms with Gasteiger partial charge in [-0.05, 0) is 39.5 Å². The van der Waals surface area contributed by atoms with E-state index in [0.29, 0.717) is 5.92 Å². The molecular formula is C19H36N4O2. The molecule has 1 saturated carbocycles. The Kier molecular flexibility index (Phi) is 5.91. The summed E-state index contributed by atoms with van der Waals surface area (Å²) in [6, 6.07) is 0. The predicted molar refractivity (Wildman–Crippen MR) is 99.6 cm³/mol. The van der Waals surface area contributed by atoms with Gasteiger partial charge in [-0.1, -0.05) is 19.3 Å². The molecule has 2 aliphatic heterocycles. The van der Waals surface area contributed by atoms with E-state index in [0.717, 1.165) is 45.8 Å². The van der Waals surface area contributed by atoms with Crippen LogP contribution in [0.1, 0.15) is 52.9 Å². The number of piperazine rings is 2. The number of nitrogens with one attached hydrogen (secondary N) is 2. The van der Waals surface area contributed by atoms with Crippen LogP contribution >= 0.6 is 0 Å². The first-order valence-electron chi connectivity index (χ1n) is 10.1. The molecule has 1 aliphatic carbocycles. The number of hydrogen-bond donors (Lipinski definition) is 2. The van der Waals surface area contributed by atoms with Gasteiger partial charge >= 0.3 is 6.09 Å². The number of carbonyl (C=O) groups excluding carboxylic acids is 1. The van der Waals surface area contributed by atoms with Gasteiger partial charge < -0.3 is 15.4 Å². The van der Waals surface area contributed by atoms with Gasteiger partial charge in [0.05, 0.1) is 0 Å². The SMILES string of the molecule is CC(C)(C)OC(=O)N1CCNCC1(C1CCCCC1)N1CCNCC1. The van der Waals surface area contributed by atoms with Crippen LogP contribution in [-0.4, -0.2) is 73.0 Å². The molecule has 0 spiro atoms. The van der Waals surface area contributed by atoms with Crippen molar-refractivity contribution in [1.82, 2.24) is 20.4 Å². The quantitative estimate of drug-likeness (QED) is 0.796. The van der Waals surface area contributed by atoms with Gasteiger partial charge in [-0.15, -0.1) is 0 Å². The first kappa shape index (κ1) is 18.9. The molecule has 2 saturated heterocycles. The zero-order chi connectivity index (χ0) is 17.9. The lowest BCUT2D eigenvalue weighted by molar-refractivity contribution is -0.122. The third-order valence-electron chi connectivity index (χ3n) is 5.90. The van der Waals surface area contributed by atoms with Gasteiger partial charge in [0.15, 0.2) is 0 Å². The maximum atomic E-state index is 13.1. The van der Waals surface area contributed by atoms with E-state index in [2.05, 4.69) is 20.4 Å². The second-order valence-electron chi connectivity index (χ2n) is 8.76. The number of carbonyl (C=O) groups is 1. The molecule has 1 amide bonds. The summed E-state index contributed by atoms with van der Waals surface area (Å²) in [6.07, 6.45) is 6.17. The molecule has 0 aromatic heterocycles. The highest BCUT2D eigenvalue weighted by Gasteiger charge is 2.52. The molecule has 6 heteroatoms. The predicted octanol–water partition coefficient (Wildman–Crippen LogP) is 2.01. The van der Waals surface area contributed by atoms with Gasteiger partial charge in [-0.2, -0.15) is 0 Å². The summed E-state index contributed by atoms with van der Waals surface area (Å²) in [4.78, 5) is 17.8. The second-order valence-corrected chi connectivity index (χ2v) is 8.76. The van der Waals surface area contributed by atoms with Crippen LogP contribution in [0, 0.1) is 5.92 Å². The van der Waals surface area contributed by atoms with E-state index in [1.54, 1.807) is 0 Å². The summed E-state index contributed by atoms with van der Waals surface area (Å²) in [5, 5.41) is 7.07. The molecule has 3 aliphatic rings. The van der Waals surface area contributed by atoms with E-state index in [-0.39, 0.29) is 11.8 Å². The Morgan fingerprint density at radius 1 is 1.00 bits per heavy atom. The standard InChI is InChI=1S/C19H36N4O2/c1-18(2,3)25-17(24)23-14-11-21-15-19(23,16-7-5-4-6-8-16)22-12-9-20-10-13-22/h16,20-21H,4-15H2,1-3H3. The lowest BCUT2D eigenvalue weighted by Gasteiger charge is -2.58. The Labute approximate surface area is 152 Å². The third kappa shape index (κ3) is 4.12. The van der Waals surface area contributed by atoms with E-state index >= 15 is 0 Å². The third-order valence-corrected chi connectivity index (χ3v) is 5.90. The molecular weight excluding hydrogens is 316 g/mol. The Bertz CT molecular complexity index is 433. The molecule has 3 rings (SSSR count). The average Bonchev–Trinajstić information content (AvgIpc) is 2.61. The van der Waals surface area contributed by atoms with Crippen LogP contribution in [0.4, 0.5) is 4.79 Å². The van der Waals surface area contributed by atoms with Crippen molar-refractivity contribution >= 4 is 6.09 Å². The van der Waals surface area contributed by atoms with Crippen LogP contribution < -0.4 is 10.6 Å². The average molecular weight is 353 g/mol. The molecule has 0 aromatic rings. The van der Waals surface area contributed by atoms with Gasteiger partial charge in [-0.25, -0.2) is 4.79 Å². The topological polar surface area (TPSA) is 56.8 Å². The summed E-state index contributed by atoms with van der Waals surface area (Å²) in [7, 11) is 0. The molecule has 1 unspecified atom stereocenters. The first-order chi connectivity index (χ1) is 11.9. The molecule has 144 valence electrons. The van der Waals surface area contributed by atoms with E-state index in [4.69, 9.17) is 4.74 Å². The Morgan fingerprint density at radius 2 is 1.64 bits per heavy atom. The minimum atomic E-state index is -0.455. The van der Waals surface area contributed by atoms with Crippen molar-refractivity contribution in [2.45, 2.75) is 64.1 Å². The van der Waals surface area contributed by atoms with Crippen LogP contribution in [-0.2, 0) is 4.74 Å². The number of nitrogens with zero attached hydrogens (tertiary/aromatic N) is 2. The summed E-state index contributed by atoms with van der Waals surface area (Å²) >= 11 is 0. The lowest BCUT2D eigenvalue weighted by Crippen LogP contribution is -2.76. The van der Waals surface area contributed by atoms with Crippen molar-refractivity contribution in [3.63, 3.8) is 0 Å². The Morgan fingerprint density at radius 3 is 2.28 bits per heavy atom. The van der Waals surface area contributed by atoms with E-state index in [1.807, 2.05) is 20.8 Å². The molecule has 3 fully saturated rings. The van der Waals surface area contributed by atoms with Crippen LogP contribution in [0.3, 0.4) is 0 Å². The monoisotopic (exact) mass is 352 g/mol. The van der Waals surface area contributed by atoms with Gasteiger partial charge in [0.1, 0.15) is 11.3 Å². The summed E-state index contributed by atoms with van der Waals surface area (Å²) in [5.41, 5.74) is -0.688. The fourth-order valence-corrected chi connectivity index (χ4v) is 4.84. The molecule has 0 bridgehead atoms. The summed E-state index contributed by atoms with van der Waals surface area (Å²) in [6.45, 7) is 12.3. The zero-order valence-electron chi connectivity index (χ0n) is 16.3. The van der Waals surface area contributed by atoms with Crippen molar-refractivity contribution in [3.8, 4) is 0 Å². The molecule has 2 N–H and O–H groups in total. The normalized spacial score (nSPS) is 30.3. The van der Waals surface area contributed by atoms with Crippen LogP contribution in [0.15, 0.2) is 0 Å². The fraction of sp³-hybridized carbons (Fsp3) is 0.947. The van der Waals surface area contributed by atoms with E-state index in [9.17, 15) is 4.79 Å². The highest BCUT2D eigenvalue weighted by atomic mass is 16.6. The van der Waals surface area contributed by atoms with Crippen molar-refractivity contribution in [3.05, 3.63) is 0 Å². The van der Waals surface area contributed by atoms with Gasteiger partial charge in [0, 0.05) is 45.8 Å². The highest BCUT2D eigenvalue weighted by Crippen LogP contribution is 2.40. The molecule has 0 radical (unpaired) electrons. The Hall–Kier alpha value is -0.850. The van der Waals surface area contributed by atoms with E-state index in [1.165, 1.54) is 32.1 Å². The zero-order valence-corrected chi connectivity index (χ0v) is 16.3. The van der Waals surface area contributed by atoms with E-state index < -0.39 is 5.60 Å². The number of ether oxygens (including phenoxy) is 1. The van der Waals surface area contributed by atoms with Crippen LogP contribution in [0.2, 0.25) is 0 Å². The maximum Gasteiger partial charge on any atom is 0.411 e. The number of rotatable bonds is 2. The van der Waals surface area contributed by atoms with Crippen molar-refractivity contribution < 1.29 is 9.53 Å². The smallest absolute Gasteiger partial charge is 0.411 e. The van der Waals surface area contributed by atoms with Crippen LogP contribution in [0.5, 0.6) is 0 Å². The van der Waals surface area contributed by atoms with Gasteiger partial charge in [0.2, 0.25) is 0 Å². The molecule has 2 heterocycles. The fourth-order valence-electron chi connectivity index (χ4n) is 4.84.